The number of hydrogen-bond donors (Lipinski definition) is 1. The van der Waals surface area contributed by atoms with Gasteiger partial charge in [-0.1, -0.05) is 34.6 Å². The number of amides is 1. The Balaban J connectivity index is 0. The molecule has 0 aromatic carbocycles. The lowest BCUT2D eigenvalue weighted by Crippen LogP contribution is -2.41. The summed E-state index contributed by atoms with van der Waals surface area (Å²) in [4.78, 5) is 11.1. The van der Waals surface area contributed by atoms with Gasteiger partial charge in [-0.15, -0.1) is 0 Å². The first-order valence-electron chi connectivity index (χ1n) is 6.02. The Kier molecular flexibility index (Phi) is 8.85. The smallest absolute Gasteiger partial charge is 0.407 e. The normalized spacial score (nSPS) is 13.2. The van der Waals surface area contributed by atoms with Crippen LogP contribution in [-0.4, -0.2) is 24.9 Å². The monoisotopic (exact) mass is 271 g/mol. The molecule has 0 aromatic rings. The van der Waals surface area contributed by atoms with Crippen LogP contribution in [0.15, 0.2) is 0 Å². The van der Waals surface area contributed by atoms with Crippen LogP contribution in [0.3, 0.4) is 0 Å². The zero-order valence-corrected chi connectivity index (χ0v) is 11.9. The molecule has 18 heavy (non-hydrogen) atoms. The van der Waals surface area contributed by atoms with E-state index in [1.807, 2.05) is 34.6 Å². The number of alkyl halides is 3. The van der Waals surface area contributed by atoms with Crippen molar-refractivity contribution in [2.75, 3.05) is 6.61 Å². The highest BCUT2D eigenvalue weighted by molar-refractivity contribution is 5.67. The SMILES string of the molecule is CC.CC(NC(=O)OCCC(F)(F)F)C(C)(C)C. The molecule has 0 aliphatic rings. The standard InChI is InChI=1S/C10H18F3NO2.C2H6/c1-7(9(2,3)4)14-8(15)16-6-5-10(11,12)13;1-2/h7H,5-6H2,1-4H3,(H,14,15);1-2H3. The number of hydrogen-bond acceptors (Lipinski definition) is 2. The highest BCUT2D eigenvalue weighted by atomic mass is 19.4. The van der Waals surface area contributed by atoms with Crippen LogP contribution >= 0.6 is 0 Å². The summed E-state index contributed by atoms with van der Waals surface area (Å²) in [6.45, 7) is 10.9. The molecule has 0 radical (unpaired) electrons. The van der Waals surface area contributed by atoms with Crippen molar-refractivity contribution < 1.29 is 22.7 Å². The van der Waals surface area contributed by atoms with Crippen LogP contribution in [0.2, 0.25) is 0 Å². The van der Waals surface area contributed by atoms with E-state index in [1.54, 1.807) is 6.92 Å². The second kappa shape index (κ2) is 8.21. The van der Waals surface area contributed by atoms with Gasteiger partial charge in [0.2, 0.25) is 0 Å². The molecular weight excluding hydrogens is 247 g/mol. The van der Waals surface area contributed by atoms with Gasteiger partial charge in [0, 0.05) is 6.04 Å². The third-order valence-corrected chi connectivity index (χ3v) is 2.25. The Hall–Kier alpha value is -0.940. The highest BCUT2D eigenvalue weighted by Crippen LogP contribution is 2.20. The molecule has 1 unspecified atom stereocenters. The van der Waals surface area contributed by atoms with Crippen molar-refractivity contribution in [3.05, 3.63) is 0 Å². The minimum atomic E-state index is -4.30. The van der Waals surface area contributed by atoms with Crippen molar-refractivity contribution in [1.29, 1.82) is 0 Å². The van der Waals surface area contributed by atoms with Crippen molar-refractivity contribution in [1.82, 2.24) is 5.32 Å². The van der Waals surface area contributed by atoms with E-state index in [9.17, 15) is 18.0 Å². The van der Waals surface area contributed by atoms with Crippen LogP contribution in [0.25, 0.3) is 0 Å². The Bertz CT molecular complexity index is 234. The predicted molar refractivity (Wildman–Crippen MR) is 65.4 cm³/mol. The second-order valence-electron chi connectivity index (χ2n) is 4.73. The lowest BCUT2D eigenvalue weighted by molar-refractivity contribution is -0.141. The third kappa shape index (κ3) is 11.5. The molecule has 0 saturated carbocycles. The van der Waals surface area contributed by atoms with E-state index in [4.69, 9.17) is 0 Å². The molecule has 1 N–H and O–H groups in total. The zero-order valence-electron chi connectivity index (χ0n) is 11.9. The second-order valence-corrected chi connectivity index (χ2v) is 4.73. The van der Waals surface area contributed by atoms with Gasteiger partial charge in [-0.05, 0) is 12.3 Å². The molecule has 0 rings (SSSR count). The van der Waals surface area contributed by atoms with Gasteiger partial charge in [0.1, 0.15) is 6.61 Å². The number of halogens is 3. The van der Waals surface area contributed by atoms with Gasteiger partial charge in [-0.25, -0.2) is 4.79 Å². The van der Waals surface area contributed by atoms with Crippen LogP contribution in [-0.2, 0) is 4.74 Å². The summed E-state index contributed by atoms with van der Waals surface area (Å²) >= 11 is 0. The molecule has 110 valence electrons. The van der Waals surface area contributed by atoms with E-state index >= 15 is 0 Å². The van der Waals surface area contributed by atoms with E-state index in [2.05, 4.69) is 10.1 Å². The minimum absolute atomic E-state index is 0.164. The molecule has 0 fully saturated rings. The fraction of sp³-hybridized carbons (Fsp3) is 0.917. The molecule has 1 atom stereocenters. The van der Waals surface area contributed by atoms with Gasteiger partial charge in [0.25, 0.3) is 0 Å². The maximum Gasteiger partial charge on any atom is 0.407 e. The Morgan fingerprint density at radius 3 is 2.00 bits per heavy atom. The zero-order chi connectivity index (χ0) is 15.0. The first-order chi connectivity index (χ1) is 8.02. The summed E-state index contributed by atoms with van der Waals surface area (Å²) in [7, 11) is 0. The number of carbonyl (C=O) groups is 1. The van der Waals surface area contributed by atoms with Crippen LogP contribution in [0, 0.1) is 5.41 Å². The van der Waals surface area contributed by atoms with Crippen LogP contribution in [0.5, 0.6) is 0 Å². The van der Waals surface area contributed by atoms with Gasteiger partial charge in [0.15, 0.2) is 0 Å². The fourth-order valence-electron chi connectivity index (χ4n) is 0.694. The quantitative estimate of drug-likeness (QED) is 0.838. The number of alkyl carbamates (subject to hydrolysis) is 1. The summed E-state index contributed by atoms with van der Waals surface area (Å²) in [6, 6.07) is -0.175. The summed E-state index contributed by atoms with van der Waals surface area (Å²) < 4.78 is 39.7. The summed E-state index contributed by atoms with van der Waals surface area (Å²) in [6.07, 6.45) is -6.23. The molecule has 0 aliphatic carbocycles. The maximum absolute atomic E-state index is 11.7. The van der Waals surface area contributed by atoms with Gasteiger partial charge < -0.3 is 10.1 Å². The van der Waals surface area contributed by atoms with Crippen LogP contribution < -0.4 is 5.32 Å². The van der Waals surface area contributed by atoms with Crippen molar-refractivity contribution >= 4 is 6.09 Å². The van der Waals surface area contributed by atoms with Crippen molar-refractivity contribution in [3.8, 4) is 0 Å². The van der Waals surface area contributed by atoms with Crippen molar-refractivity contribution in [2.45, 2.75) is 60.2 Å². The number of carbonyl (C=O) groups excluding carboxylic acids is 1. The fourth-order valence-corrected chi connectivity index (χ4v) is 0.694. The Morgan fingerprint density at radius 2 is 1.67 bits per heavy atom. The molecule has 0 bridgehead atoms. The largest absolute Gasteiger partial charge is 0.449 e. The van der Waals surface area contributed by atoms with E-state index in [-0.39, 0.29) is 11.5 Å². The first kappa shape index (κ1) is 19.4. The summed E-state index contributed by atoms with van der Waals surface area (Å²) in [5, 5.41) is 2.48. The molecule has 6 heteroatoms. The topological polar surface area (TPSA) is 38.3 Å². The van der Waals surface area contributed by atoms with Gasteiger partial charge in [-0.3, -0.25) is 0 Å². The van der Waals surface area contributed by atoms with Gasteiger partial charge in [-0.2, -0.15) is 13.2 Å². The number of nitrogens with one attached hydrogen (secondary N) is 1. The first-order valence-corrected chi connectivity index (χ1v) is 6.02. The van der Waals surface area contributed by atoms with Gasteiger partial charge >= 0.3 is 12.3 Å². The summed E-state index contributed by atoms with van der Waals surface area (Å²) in [5.74, 6) is 0. The Labute approximate surface area is 107 Å². The molecule has 0 spiro atoms. The minimum Gasteiger partial charge on any atom is -0.449 e. The van der Waals surface area contributed by atoms with Crippen LogP contribution in [0.4, 0.5) is 18.0 Å². The van der Waals surface area contributed by atoms with Gasteiger partial charge in [0.05, 0.1) is 6.42 Å². The average Bonchev–Trinajstić information content (AvgIpc) is 2.17. The van der Waals surface area contributed by atoms with Crippen molar-refractivity contribution in [2.24, 2.45) is 5.41 Å². The third-order valence-electron chi connectivity index (χ3n) is 2.25. The highest BCUT2D eigenvalue weighted by Gasteiger charge is 2.28. The maximum atomic E-state index is 11.7. The Morgan fingerprint density at radius 1 is 1.22 bits per heavy atom. The number of rotatable bonds is 3. The van der Waals surface area contributed by atoms with Crippen molar-refractivity contribution in [3.63, 3.8) is 0 Å². The lowest BCUT2D eigenvalue weighted by atomic mass is 9.88. The molecule has 0 aliphatic heterocycles. The van der Waals surface area contributed by atoms with E-state index in [1.165, 1.54) is 0 Å². The molecule has 3 nitrogen and oxygen atoms in total. The molecule has 0 aromatic heterocycles. The number of ether oxygens (including phenoxy) is 1. The lowest BCUT2D eigenvalue weighted by Gasteiger charge is -2.27. The van der Waals surface area contributed by atoms with E-state index < -0.39 is 25.3 Å². The predicted octanol–water partition coefficient (Wildman–Crippen LogP) is 4.13. The molecule has 1 amide bonds. The van der Waals surface area contributed by atoms with E-state index in [0.717, 1.165) is 0 Å². The average molecular weight is 271 g/mol. The van der Waals surface area contributed by atoms with Crippen LogP contribution in [0.1, 0.15) is 48.0 Å². The molecule has 0 heterocycles. The molecule has 0 saturated heterocycles. The summed E-state index contributed by atoms with van der Waals surface area (Å²) in [5.41, 5.74) is -0.164. The van der Waals surface area contributed by atoms with E-state index in [0.29, 0.717) is 0 Å². The molecular formula is C12H24F3NO2.